The molecule has 13 heteroatoms. The number of carbonyl (C=O) groups excluding carboxylic acids is 5. The number of esters is 2. The zero-order valence-electron chi connectivity index (χ0n) is 29.7. The van der Waals surface area contributed by atoms with Gasteiger partial charge in [-0.3, -0.25) is 24.2 Å². The summed E-state index contributed by atoms with van der Waals surface area (Å²) in [4.78, 5) is 65.1. The number of methoxy groups -OCH3 is 2. The molecule has 0 spiro atoms. The highest BCUT2D eigenvalue weighted by Gasteiger charge is 2.53. The Morgan fingerprint density at radius 3 is 1.52 bits per heavy atom. The van der Waals surface area contributed by atoms with E-state index in [4.69, 9.17) is 28.4 Å². The number of hydrogen-bond donors (Lipinski definition) is 0. The van der Waals surface area contributed by atoms with Crippen molar-refractivity contribution in [1.29, 1.82) is 0 Å². The summed E-state index contributed by atoms with van der Waals surface area (Å²) >= 11 is 0. The third-order valence-corrected chi connectivity index (χ3v) is 8.32. The zero-order valence-corrected chi connectivity index (χ0v) is 29.7. The fourth-order valence-corrected chi connectivity index (χ4v) is 5.93. The zero-order chi connectivity index (χ0) is 35.9. The van der Waals surface area contributed by atoms with Gasteiger partial charge in [-0.25, -0.2) is 9.59 Å². The van der Waals surface area contributed by atoms with E-state index in [0.29, 0.717) is 19.6 Å². The number of hydrogen-bond acceptors (Lipinski definition) is 11. The van der Waals surface area contributed by atoms with Gasteiger partial charge < -0.3 is 28.4 Å². The molecule has 0 aromatic heterocycles. The molecule has 3 aliphatic rings. The van der Waals surface area contributed by atoms with Crippen LogP contribution in [-0.4, -0.2) is 110 Å². The topological polar surface area (TPSA) is 147 Å². The molecule has 0 bridgehead atoms. The van der Waals surface area contributed by atoms with Crippen molar-refractivity contribution in [2.75, 3.05) is 40.6 Å². The highest BCUT2D eigenvalue weighted by atomic mass is 16.7. The van der Waals surface area contributed by atoms with Crippen LogP contribution in [0.15, 0.2) is 25.3 Å². The Labute approximate surface area is 286 Å². The lowest BCUT2D eigenvalue weighted by Gasteiger charge is -2.39. The van der Waals surface area contributed by atoms with Crippen LogP contribution in [0.4, 0.5) is 0 Å². The van der Waals surface area contributed by atoms with Gasteiger partial charge in [0, 0.05) is 10.8 Å². The number of nitrogens with zero attached hydrogens (tertiary/aromatic N) is 2. The second-order valence-corrected chi connectivity index (χ2v) is 14.1. The smallest absolute Gasteiger partial charge is 0.331 e. The predicted octanol–water partition coefficient (Wildman–Crippen LogP) is 3.89. The van der Waals surface area contributed by atoms with Crippen molar-refractivity contribution >= 4 is 29.5 Å². The summed E-state index contributed by atoms with van der Waals surface area (Å²) in [6, 6.07) is -1.60. The Balaban J connectivity index is 0.000000474. The normalized spacial score (nSPS) is 24.7. The first-order chi connectivity index (χ1) is 21.8. The molecule has 6 atom stereocenters. The molecule has 3 rings (SSSR count). The first-order valence-electron chi connectivity index (χ1n) is 15.8. The largest absolute Gasteiger partial charge is 0.467 e. The third-order valence-electron chi connectivity index (χ3n) is 8.32. The van der Waals surface area contributed by atoms with Crippen molar-refractivity contribution in [3.05, 3.63) is 25.3 Å². The molecule has 3 saturated heterocycles. The minimum Gasteiger partial charge on any atom is -0.467 e. The average molecular weight is 683 g/mol. The quantitative estimate of drug-likeness (QED) is 0.188. The third kappa shape index (κ3) is 9.73. The molecule has 274 valence electrons. The summed E-state index contributed by atoms with van der Waals surface area (Å²) in [5, 5.41) is 0. The number of ether oxygens (including phenoxy) is 6. The van der Waals surface area contributed by atoms with E-state index in [9.17, 15) is 24.0 Å². The molecule has 3 heterocycles. The molecule has 13 nitrogen and oxygen atoms in total. The van der Waals surface area contributed by atoms with Crippen molar-refractivity contribution in [2.45, 2.75) is 106 Å². The minimum atomic E-state index is -1.04. The van der Waals surface area contributed by atoms with Gasteiger partial charge in [0.1, 0.15) is 18.2 Å². The second kappa shape index (κ2) is 17.5. The van der Waals surface area contributed by atoms with E-state index < -0.39 is 65.4 Å². The monoisotopic (exact) mass is 682 g/mol. The van der Waals surface area contributed by atoms with Crippen molar-refractivity contribution < 1.29 is 52.4 Å². The summed E-state index contributed by atoms with van der Waals surface area (Å²) in [6.07, 6.45) is 2.67. The lowest BCUT2D eigenvalue weighted by Crippen LogP contribution is -2.56. The van der Waals surface area contributed by atoms with Crippen molar-refractivity contribution in [3.8, 4) is 0 Å². The Kier molecular flexibility index (Phi) is 15.6. The van der Waals surface area contributed by atoms with E-state index in [1.807, 2.05) is 41.5 Å². The summed E-state index contributed by atoms with van der Waals surface area (Å²) in [6.45, 7) is 23.1. The SMILES string of the molecule is C.C=CCC(C(=O)N1[C@H](C(=O)OC)CO[C@@H]1C(C)(C)C)C1(C)OCCO1.C=CCC(C(C)=O)C(=O)N1[C@H](C(=O)OC)CO[C@@H]1C(C)(C)C. The Hall–Kier alpha value is -3.13. The molecule has 0 aromatic rings. The summed E-state index contributed by atoms with van der Waals surface area (Å²) < 4.78 is 32.5. The number of carbonyl (C=O) groups is 5. The number of amides is 2. The van der Waals surface area contributed by atoms with Crippen LogP contribution in [0, 0.1) is 22.7 Å². The molecule has 48 heavy (non-hydrogen) atoms. The van der Waals surface area contributed by atoms with Crippen LogP contribution >= 0.6 is 0 Å². The maximum absolute atomic E-state index is 13.4. The fourth-order valence-electron chi connectivity index (χ4n) is 5.93. The van der Waals surface area contributed by atoms with Gasteiger partial charge >= 0.3 is 11.9 Å². The summed E-state index contributed by atoms with van der Waals surface area (Å²) in [7, 11) is 2.57. The van der Waals surface area contributed by atoms with Gasteiger partial charge in [-0.05, 0) is 26.7 Å². The van der Waals surface area contributed by atoms with Crippen LogP contribution in [0.2, 0.25) is 0 Å². The van der Waals surface area contributed by atoms with Gasteiger partial charge in [0.05, 0.1) is 52.5 Å². The number of rotatable bonds is 10. The highest BCUT2D eigenvalue weighted by molar-refractivity contribution is 6.02. The van der Waals surface area contributed by atoms with E-state index in [1.54, 1.807) is 13.0 Å². The van der Waals surface area contributed by atoms with E-state index >= 15 is 0 Å². The average Bonchev–Trinajstić information content (AvgIpc) is 3.75. The molecule has 0 aliphatic carbocycles. The van der Waals surface area contributed by atoms with Gasteiger partial charge in [0.2, 0.25) is 11.8 Å². The molecule has 2 unspecified atom stereocenters. The molecule has 0 radical (unpaired) electrons. The molecule has 0 aromatic carbocycles. The summed E-state index contributed by atoms with van der Waals surface area (Å²) in [5.74, 6) is -4.47. The van der Waals surface area contributed by atoms with Crippen molar-refractivity contribution in [1.82, 2.24) is 9.80 Å². The van der Waals surface area contributed by atoms with E-state index in [0.717, 1.165) is 0 Å². The molecule has 0 N–H and O–H groups in total. The maximum Gasteiger partial charge on any atom is 0.331 e. The highest BCUT2D eigenvalue weighted by Crippen LogP contribution is 2.38. The molecule has 0 saturated carbocycles. The van der Waals surface area contributed by atoms with Gasteiger partial charge in [0.15, 0.2) is 17.9 Å². The van der Waals surface area contributed by atoms with Gasteiger partial charge in [-0.2, -0.15) is 0 Å². The standard InChI is InChI=1S/C18H29NO6.C16H25NO5.CH4/c1-7-8-12(18(5)24-9-10-25-18)14(20)19-13(15(21)22-6)11-23-16(19)17(2,3)4;1-7-8-11(10(2)18)13(19)17-12(14(20)21-6)9-22-15(17)16(3,4)5;/h7,12-13,16H,1,8-11H2,2-6H3;7,11-12,15H,1,8-9H2,2-6H3;1H4/t12?,13-,16+;11?,12-,15+;/m00./s1. The maximum atomic E-state index is 13.4. The van der Waals surface area contributed by atoms with Gasteiger partial charge in [-0.15, -0.1) is 13.2 Å². The van der Waals surface area contributed by atoms with E-state index in [2.05, 4.69) is 13.2 Å². The minimum absolute atomic E-state index is 0. The van der Waals surface area contributed by atoms with Crippen LogP contribution in [0.3, 0.4) is 0 Å². The lowest BCUT2D eigenvalue weighted by atomic mass is 9.89. The first kappa shape index (κ1) is 42.9. The predicted molar refractivity (Wildman–Crippen MR) is 178 cm³/mol. The van der Waals surface area contributed by atoms with Crippen LogP contribution in [0.5, 0.6) is 0 Å². The molecule has 3 fully saturated rings. The van der Waals surface area contributed by atoms with Crippen LogP contribution in [-0.2, 0) is 52.4 Å². The molecular weight excluding hydrogens is 624 g/mol. The Bertz CT molecular complexity index is 1170. The van der Waals surface area contributed by atoms with Crippen molar-refractivity contribution in [3.63, 3.8) is 0 Å². The van der Waals surface area contributed by atoms with Gasteiger partial charge in [-0.1, -0.05) is 61.1 Å². The Morgan fingerprint density at radius 1 is 0.792 bits per heavy atom. The Morgan fingerprint density at radius 2 is 1.19 bits per heavy atom. The molecule has 3 aliphatic heterocycles. The summed E-state index contributed by atoms with van der Waals surface area (Å²) in [5.41, 5.74) is -0.761. The number of allylic oxidation sites excluding steroid dienone is 2. The lowest BCUT2D eigenvalue weighted by molar-refractivity contribution is -0.198. The second-order valence-electron chi connectivity index (χ2n) is 14.1. The van der Waals surface area contributed by atoms with Crippen molar-refractivity contribution in [2.24, 2.45) is 22.7 Å². The molecule has 2 amide bonds. The van der Waals surface area contributed by atoms with Crippen LogP contribution < -0.4 is 0 Å². The van der Waals surface area contributed by atoms with Gasteiger partial charge in [0.25, 0.3) is 0 Å². The molecular formula is C35H58N2O11. The van der Waals surface area contributed by atoms with E-state index in [-0.39, 0.29) is 44.2 Å². The number of Topliss-reactive ketones (excluding diaryl/α,β-unsaturated/α-hetero) is 1. The van der Waals surface area contributed by atoms with Crippen LogP contribution in [0.1, 0.15) is 75.7 Å². The fraction of sp³-hybridized carbons (Fsp3) is 0.743. The van der Waals surface area contributed by atoms with Crippen LogP contribution in [0.25, 0.3) is 0 Å². The van der Waals surface area contributed by atoms with E-state index in [1.165, 1.54) is 37.0 Å². The first-order valence-corrected chi connectivity index (χ1v) is 15.8. The number of ketones is 1.